The van der Waals surface area contributed by atoms with Crippen LogP contribution in [0.25, 0.3) is 0 Å². The molecule has 1 N–H and O–H groups in total. The Labute approximate surface area is 121 Å². The molecule has 4 heteroatoms. The van der Waals surface area contributed by atoms with E-state index in [0.29, 0.717) is 12.0 Å². The zero-order chi connectivity index (χ0) is 14.1. The molecular formula is C16H27N3O. The number of nitrogens with zero attached hydrogens (tertiary/aromatic N) is 3. The second-order valence-electron chi connectivity index (χ2n) is 6.45. The maximum absolute atomic E-state index is 10.2. The lowest BCUT2D eigenvalue weighted by Crippen LogP contribution is -2.38. The molecule has 0 spiro atoms. The summed E-state index contributed by atoms with van der Waals surface area (Å²) in [5.41, 5.74) is 2.49. The third kappa shape index (κ3) is 2.63. The number of aliphatic hydroxyl groups is 1. The summed E-state index contributed by atoms with van der Waals surface area (Å²) in [6.45, 7) is 4.30. The molecule has 1 aliphatic carbocycles. The Balaban J connectivity index is 1.70. The Morgan fingerprint density at radius 3 is 2.80 bits per heavy atom. The fraction of sp³-hybridized carbons (Fsp3) is 0.812. The van der Waals surface area contributed by atoms with Crippen LogP contribution in [0.15, 0.2) is 6.07 Å². The molecule has 3 unspecified atom stereocenters. The number of aryl methyl sites for hydroxylation is 2. The smallest absolute Gasteiger partial charge is 0.0625 e. The minimum atomic E-state index is -0.0710. The molecule has 0 radical (unpaired) electrons. The zero-order valence-corrected chi connectivity index (χ0v) is 12.8. The molecule has 0 aromatic carbocycles. The van der Waals surface area contributed by atoms with Crippen LogP contribution < -0.4 is 0 Å². The van der Waals surface area contributed by atoms with Gasteiger partial charge in [0.15, 0.2) is 0 Å². The molecule has 0 amide bonds. The highest BCUT2D eigenvalue weighted by Gasteiger charge is 2.38. The highest BCUT2D eigenvalue weighted by molar-refractivity contribution is 5.11. The van der Waals surface area contributed by atoms with E-state index in [0.717, 1.165) is 19.4 Å². The summed E-state index contributed by atoms with van der Waals surface area (Å²) in [6, 6.07) is 2.81. The molecule has 1 saturated heterocycles. The molecule has 2 aliphatic rings. The van der Waals surface area contributed by atoms with Gasteiger partial charge in [0.25, 0.3) is 0 Å². The third-order valence-corrected chi connectivity index (χ3v) is 5.19. The highest BCUT2D eigenvalue weighted by atomic mass is 16.3. The summed E-state index contributed by atoms with van der Waals surface area (Å²) < 4.78 is 2.03. The Morgan fingerprint density at radius 1 is 1.30 bits per heavy atom. The van der Waals surface area contributed by atoms with Crippen LogP contribution in [-0.4, -0.2) is 38.5 Å². The van der Waals surface area contributed by atoms with Gasteiger partial charge < -0.3 is 5.11 Å². The Hall–Kier alpha value is -0.870. The number of aliphatic hydroxyl groups excluding tert-OH is 1. The van der Waals surface area contributed by atoms with Crippen molar-refractivity contribution in [3.8, 4) is 0 Å². The molecule has 20 heavy (non-hydrogen) atoms. The second kappa shape index (κ2) is 5.86. The van der Waals surface area contributed by atoms with Gasteiger partial charge >= 0.3 is 0 Å². The van der Waals surface area contributed by atoms with Crippen molar-refractivity contribution in [2.75, 3.05) is 6.54 Å². The molecular weight excluding hydrogens is 250 g/mol. The van der Waals surface area contributed by atoms with E-state index in [1.165, 1.54) is 43.6 Å². The Morgan fingerprint density at radius 2 is 2.15 bits per heavy atom. The van der Waals surface area contributed by atoms with Crippen molar-refractivity contribution < 1.29 is 5.11 Å². The summed E-state index contributed by atoms with van der Waals surface area (Å²) in [4.78, 5) is 2.58. The topological polar surface area (TPSA) is 41.3 Å². The van der Waals surface area contributed by atoms with Gasteiger partial charge in [-0.1, -0.05) is 13.3 Å². The first kappa shape index (κ1) is 14.1. The van der Waals surface area contributed by atoms with Crippen LogP contribution in [0.3, 0.4) is 0 Å². The SMILES string of the molecule is CCc1cc(CN2CCCC2C2CCCC2O)n(C)n1. The van der Waals surface area contributed by atoms with Gasteiger partial charge in [-0.25, -0.2) is 0 Å². The van der Waals surface area contributed by atoms with E-state index in [9.17, 15) is 5.11 Å². The molecule has 0 bridgehead atoms. The van der Waals surface area contributed by atoms with Gasteiger partial charge in [0.1, 0.15) is 0 Å². The van der Waals surface area contributed by atoms with E-state index in [2.05, 4.69) is 23.0 Å². The largest absolute Gasteiger partial charge is 0.393 e. The van der Waals surface area contributed by atoms with Crippen LogP contribution in [0.1, 0.15) is 50.4 Å². The molecule has 1 aliphatic heterocycles. The lowest BCUT2D eigenvalue weighted by atomic mass is 9.94. The monoisotopic (exact) mass is 277 g/mol. The van der Waals surface area contributed by atoms with Gasteiger partial charge in [0.05, 0.1) is 17.5 Å². The average molecular weight is 277 g/mol. The lowest BCUT2D eigenvalue weighted by Gasteiger charge is -2.31. The molecule has 1 aromatic rings. The van der Waals surface area contributed by atoms with E-state index < -0.39 is 0 Å². The minimum absolute atomic E-state index is 0.0710. The minimum Gasteiger partial charge on any atom is -0.393 e. The molecule has 1 aromatic heterocycles. The molecule has 3 rings (SSSR count). The molecule has 2 fully saturated rings. The van der Waals surface area contributed by atoms with E-state index >= 15 is 0 Å². The summed E-state index contributed by atoms with van der Waals surface area (Å²) in [6.07, 6.45) is 6.85. The van der Waals surface area contributed by atoms with E-state index in [-0.39, 0.29) is 6.10 Å². The Kier molecular flexibility index (Phi) is 4.13. The van der Waals surface area contributed by atoms with Crippen molar-refractivity contribution in [2.45, 2.75) is 64.1 Å². The standard InChI is InChI=1S/C16H27N3O/c1-3-12-10-13(18(2)17-12)11-19-9-5-7-15(19)14-6-4-8-16(14)20/h10,14-16,20H,3-9,11H2,1-2H3. The van der Waals surface area contributed by atoms with Crippen LogP contribution in [0.5, 0.6) is 0 Å². The number of aromatic nitrogens is 2. The predicted molar refractivity (Wildman–Crippen MR) is 79.4 cm³/mol. The van der Waals surface area contributed by atoms with Gasteiger partial charge in [0.2, 0.25) is 0 Å². The van der Waals surface area contributed by atoms with Gasteiger partial charge in [-0.2, -0.15) is 5.10 Å². The van der Waals surface area contributed by atoms with Crippen molar-refractivity contribution in [2.24, 2.45) is 13.0 Å². The van der Waals surface area contributed by atoms with Gasteiger partial charge in [-0.05, 0) is 44.7 Å². The van der Waals surface area contributed by atoms with Crippen molar-refractivity contribution in [1.82, 2.24) is 14.7 Å². The van der Waals surface area contributed by atoms with Crippen LogP contribution in [0.4, 0.5) is 0 Å². The quantitative estimate of drug-likeness (QED) is 0.916. The fourth-order valence-electron chi connectivity index (χ4n) is 4.05. The second-order valence-corrected chi connectivity index (χ2v) is 6.45. The maximum Gasteiger partial charge on any atom is 0.0625 e. The molecule has 2 heterocycles. The molecule has 1 saturated carbocycles. The van der Waals surface area contributed by atoms with Gasteiger partial charge in [-0.3, -0.25) is 9.58 Å². The fourth-order valence-corrected chi connectivity index (χ4v) is 4.05. The summed E-state index contributed by atoms with van der Waals surface area (Å²) in [7, 11) is 2.05. The van der Waals surface area contributed by atoms with E-state index in [4.69, 9.17) is 0 Å². The van der Waals surface area contributed by atoms with Crippen molar-refractivity contribution in [3.05, 3.63) is 17.5 Å². The molecule has 112 valence electrons. The summed E-state index contributed by atoms with van der Waals surface area (Å²) in [5, 5.41) is 14.7. The number of likely N-dealkylation sites (tertiary alicyclic amines) is 1. The molecule has 3 atom stereocenters. The first-order chi connectivity index (χ1) is 9.69. The number of rotatable bonds is 4. The Bertz CT molecular complexity index is 457. The summed E-state index contributed by atoms with van der Waals surface area (Å²) in [5.74, 6) is 0.497. The third-order valence-electron chi connectivity index (χ3n) is 5.19. The van der Waals surface area contributed by atoms with Crippen molar-refractivity contribution in [3.63, 3.8) is 0 Å². The van der Waals surface area contributed by atoms with Crippen LogP contribution in [-0.2, 0) is 20.0 Å². The number of hydrogen-bond acceptors (Lipinski definition) is 3. The van der Waals surface area contributed by atoms with E-state index in [1.54, 1.807) is 0 Å². The maximum atomic E-state index is 10.2. The normalized spacial score (nSPS) is 31.2. The van der Waals surface area contributed by atoms with E-state index in [1.807, 2.05) is 11.7 Å². The van der Waals surface area contributed by atoms with Crippen LogP contribution in [0.2, 0.25) is 0 Å². The first-order valence-corrected chi connectivity index (χ1v) is 8.13. The number of hydrogen-bond donors (Lipinski definition) is 1. The van der Waals surface area contributed by atoms with Crippen molar-refractivity contribution >= 4 is 0 Å². The van der Waals surface area contributed by atoms with Gasteiger partial charge in [0, 0.05) is 25.6 Å². The molecule has 4 nitrogen and oxygen atoms in total. The van der Waals surface area contributed by atoms with Gasteiger partial charge in [-0.15, -0.1) is 0 Å². The summed E-state index contributed by atoms with van der Waals surface area (Å²) >= 11 is 0. The van der Waals surface area contributed by atoms with Crippen LogP contribution in [0, 0.1) is 5.92 Å². The average Bonchev–Trinajstić information content (AvgIpc) is 3.12. The van der Waals surface area contributed by atoms with Crippen molar-refractivity contribution in [1.29, 1.82) is 0 Å². The zero-order valence-electron chi connectivity index (χ0n) is 12.8. The van der Waals surface area contributed by atoms with Crippen LogP contribution >= 0.6 is 0 Å². The lowest BCUT2D eigenvalue weighted by molar-refractivity contribution is 0.0710. The predicted octanol–water partition coefficient (Wildman–Crippen LogP) is 2.11. The first-order valence-electron chi connectivity index (χ1n) is 8.13. The highest BCUT2D eigenvalue weighted by Crippen LogP contribution is 2.36.